The molecule has 3 heterocycles. The maximum absolute atomic E-state index is 9.81. The van der Waals surface area contributed by atoms with E-state index in [2.05, 4.69) is 41.8 Å². The second-order valence-electron chi connectivity index (χ2n) is 7.49. The molecule has 2 aromatic heterocycles. The van der Waals surface area contributed by atoms with Crippen molar-refractivity contribution < 1.29 is 9.84 Å². The van der Waals surface area contributed by atoms with Crippen molar-refractivity contribution in [1.29, 1.82) is 0 Å². The first kappa shape index (κ1) is 15.2. The third-order valence-corrected chi connectivity index (χ3v) is 4.03. The Morgan fingerprint density at radius 2 is 2.05 bits per heavy atom. The summed E-state index contributed by atoms with van der Waals surface area (Å²) >= 11 is 0. The number of likely N-dealkylation sites (tertiary alicyclic amines) is 1. The predicted molar refractivity (Wildman–Crippen MR) is 84.1 cm³/mol. The van der Waals surface area contributed by atoms with Gasteiger partial charge >= 0.3 is 0 Å². The zero-order valence-corrected chi connectivity index (χ0v) is 13.9. The number of fused-ring (bicyclic) bond motifs is 1. The van der Waals surface area contributed by atoms with Crippen LogP contribution in [-0.4, -0.2) is 50.4 Å². The van der Waals surface area contributed by atoms with Crippen LogP contribution in [0.15, 0.2) is 12.3 Å². The van der Waals surface area contributed by atoms with Crippen LogP contribution in [0.4, 0.5) is 0 Å². The molecular formula is C16H24N4O2. The number of nitrogens with zero attached hydrogens (tertiary/aromatic N) is 4. The Labute approximate surface area is 130 Å². The van der Waals surface area contributed by atoms with Crippen molar-refractivity contribution in [3.05, 3.63) is 23.7 Å². The first-order valence-electron chi connectivity index (χ1n) is 7.56. The maximum atomic E-state index is 9.81. The average Bonchev–Trinajstić information content (AvgIpc) is 2.79. The number of β-amino-alcohol motifs (C(OH)–C–C–N with tert-alkyl or cyclic N) is 1. The molecule has 1 aliphatic rings. The molecule has 0 bridgehead atoms. The van der Waals surface area contributed by atoms with E-state index in [1.54, 1.807) is 7.11 Å². The Hall–Kier alpha value is -1.66. The van der Waals surface area contributed by atoms with E-state index in [4.69, 9.17) is 4.74 Å². The van der Waals surface area contributed by atoms with Crippen LogP contribution in [0.25, 0.3) is 5.52 Å². The molecule has 6 nitrogen and oxygen atoms in total. The van der Waals surface area contributed by atoms with Gasteiger partial charge in [0.1, 0.15) is 5.52 Å². The van der Waals surface area contributed by atoms with Gasteiger partial charge in [-0.1, -0.05) is 20.8 Å². The molecule has 1 aliphatic heterocycles. The van der Waals surface area contributed by atoms with Crippen molar-refractivity contribution in [3.8, 4) is 5.88 Å². The average molecular weight is 304 g/mol. The van der Waals surface area contributed by atoms with E-state index in [-0.39, 0.29) is 5.41 Å². The Kier molecular flexibility index (Phi) is 3.41. The highest BCUT2D eigenvalue weighted by Gasteiger charge is 2.36. The second-order valence-corrected chi connectivity index (χ2v) is 7.49. The third kappa shape index (κ3) is 2.80. The molecule has 0 saturated carbocycles. The number of ether oxygens (including phenoxy) is 1. The largest absolute Gasteiger partial charge is 0.479 e. The summed E-state index contributed by atoms with van der Waals surface area (Å²) in [5.74, 6) is 1.30. The van der Waals surface area contributed by atoms with Crippen LogP contribution in [0.5, 0.6) is 5.88 Å². The Balaban J connectivity index is 1.92. The van der Waals surface area contributed by atoms with Crippen LogP contribution in [-0.2, 0) is 12.0 Å². The topological polar surface area (TPSA) is 62.9 Å². The highest BCUT2D eigenvalue weighted by Crippen LogP contribution is 2.28. The highest BCUT2D eigenvalue weighted by molar-refractivity contribution is 5.59. The summed E-state index contributed by atoms with van der Waals surface area (Å²) in [6.07, 6.45) is 2.04. The molecule has 1 fully saturated rings. The Bertz CT molecular complexity index is 692. The summed E-state index contributed by atoms with van der Waals surface area (Å²) in [7, 11) is 1.63. The lowest BCUT2D eigenvalue weighted by Gasteiger charge is -2.43. The van der Waals surface area contributed by atoms with Crippen molar-refractivity contribution in [2.45, 2.75) is 45.3 Å². The third-order valence-electron chi connectivity index (χ3n) is 4.03. The van der Waals surface area contributed by atoms with Crippen LogP contribution in [0.2, 0.25) is 0 Å². The summed E-state index contributed by atoms with van der Waals surface area (Å²) in [6.45, 7) is 10.3. The minimum atomic E-state index is -0.582. The molecule has 22 heavy (non-hydrogen) atoms. The number of aromatic nitrogens is 3. The lowest BCUT2D eigenvalue weighted by Crippen LogP contribution is -2.59. The van der Waals surface area contributed by atoms with Crippen molar-refractivity contribution in [3.63, 3.8) is 0 Å². The molecular weight excluding hydrogens is 280 g/mol. The summed E-state index contributed by atoms with van der Waals surface area (Å²) in [6, 6.07) is 2.08. The van der Waals surface area contributed by atoms with Crippen LogP contribution < -0.4 is 4.74 Å². The van der Waals surface area contributed by atoms with E-state index in [1.165, 1.54) is 5.56 Å². The molecule has 0 radical (unpaired) electrons. The van der Waals surface area contributed by atoms with Gasteiger partial charge in [-0.3, -0.25) is 4.90 Å². The van der Waals surface area contributed by atoms with Crippen LogP contribution in [0, 0.1) is 0 Å². The van der Waals surface area contributed by atoms with Gasteiger partial charge in [0, 0.05) is 19.3 Å². The maximum Gasteiger partial charge on any atom is 0.241 e. The summed E-state index contributed by atoms with van der Waals surface area (Å²) in [5, 5.41) is 14.4. The number of methoxy groups -OCH3 is 1. The molecule has 3 rings (SSSR count). The Morgan fingerprint density at radius 3 is 2.59 bits per heavy atom. The van der Waals surface area contributed by atoms with Crippen LogP contribution in [0.1, 0.15) is 39.1 Å². The van der Waals surface area contributed by atoms with Gasteiger partial charge in [0.25, 0.3) is 0 Å². The molecule has 0 amide bonds. The van der Waals surface area contributed by atoms with Crippen LogP contribution >= 0.6 is 0 Å². The van der Waals surface area contributed by atoms with Gasteiger partial charge in [-0.15, -0.1) is 0 Å². The Morgan fingerprint density at radius 1 is 1.36 bits per heavy atom. The quantitative estimate of drug-likeness (QED) is 0.933. The number of hydrogen-bond acceptors (Lipinski definition) is 5. The SMILES string of the molecule is COc1nc(CN2CC(C)(O)C2)nn2cc(C(C)(C)C)cc12. The summed E-state index contributed by atoms with van der Waals surface area (Å²) in [5.41, 5.74) is 1.55. The summed E-state index contributed by atoms with van der Waals surface area (Å²) < 4.78 is 7.28. The monoisotopic (exact) mass is 304 g/mol. The molecule has 0 spiro atoms. The van der Waals surface area contributed by atoms with Gasteiger partial charge in [0.2, 0.25) is 5.88 Å². The molecule has 1 N–H and O–H groups in total. The number of rotatable bonds is 3. The molecule has 0 aromatic carbocycles. The first-order valence-corrected chi connectivity index (χ1v) is 7.56. The normalized spacial score (nSPS) is 18.5. The molecule has 2 aromatic rings. The zero-order valence-electron chi connectivity index (χ0n) is 13.9. The van der Waals surface area contributed by atoms with Crippen molar-refractivity contribution in [2.75, 3.05) is 20.2 Å². The fraction of sp³-hybridized carbons (Fsp3) is 0.625. The molecule has 1 saturated heterocycles. The predicted octanol–water partition coefficient (Wildman–Crippen LogP) is 1.60. The van der Waals surface area contributed by atoms with E-state index in [0.29, 0.717) is 31.3 Å². The lowest BCUT2D eigenvalue weighted by molar-refractivity contribution is -0.0881. The van der Waals surface area contributed by atoms with Crippen molar-refractivity contribution in [1.82, 2.24) is 19.5 Å². The van der Waals surface area contributed by atoms with Crippen molar-refractivity contribution in [2.24, 2.45) is 0 Å². The van der Waals surface area contributed by atoms with Gasteiger partial charge in [0.05, 0.1) is 19.3 Å². The van der Waals surface area contributed by atoms with E-state index < -0.39 is 5.60 Å². The minimum absolute atomic E-state index is 0.0506. The fourth-order valence-corrected chi connectivity index (χ4v) is 2.87. The van der Waals surface area contributed by atoms with Crippen molar-refractivity contribution >= 4 is 5.52 Å². The molecule has 120 valence electrons. The van der Waals surface area contributed by atoms with E-state index in [9.17, 15) is 5.11 Å². The zero-order chi connectivity index (χ0) is 16.1. The van der Waals surface area contributed by atoms with Crippen LogP contribution in [0.3, 0.4) is 0 Å². The fourth-order valence-electron chi connectivity index (χ4n) is 2.87. The lowest BCUT2D eigenvalue weighted by atomic mass is 9.89. The standard InChI is InChI=1S/C16H24N4O2/c1-15(2,3)11-6-12-14(22-5)17-13(18-20(12)7-11)8-19-9-16(4,21)10-19/h6-7,21H,8-10H2,1-5H3. The molecule has 0 aliphatic carbocycles. The smallest absolute Gasteiger partial charge is 0.241 e. The van der Waals surface area contributed by atoms with Gasteiger partial charge in [0.15, 0.2) is 5.82 Å². The van der Waals surface area contributed by atoms with E-state index in [1.807, 2.05) is 17.6 Å². The van der Waals surface area contributed by atoms with Gasteiger partial charge in [-0.2, -0.15) is 10.1 Å². The number of hydrogen-bond donors (Lipinski definition) is 1. The van der Waals surface area contributed by atoms with E-state index in [0.717, 1.165) is 5.52 Å². The van der Waals surface area contributed by atoms with Gasteiger partial charge in [-0.25, -0.2) is 4.52 Å². The first-order chi connectivity index (χ1) is 10.2. The molecule has 0 atom stereocenters. The second kappa shape index (κ2) is 4.93. The highest BCUT2D eigenvalue weighted by atomic mass is 16.5. The van der Waals surface area contributed by atoms with Gasteiger partial charge < -0.3 is 9.84 Å². The van der Waals surface area contributed by atoms with Gasteiger partial charge in [-0.05, 0) is 24.0 Å². The summed E-state index contributed by atoms with van der Waals surface area (Å²) in [4.78, 5) is 6.63. The minimum Gasteiger partial charge on any atom is -0.479 e. The van der Waals surface area contributed by atoms with E-state index >= 15 is 0 Å². The molecule has 6 heteroatoms. The molecule has 0 unspecified atom stereocenters. The number of aliphatic hydroxyl groups is 1.